The third kappa shape index (κ3) is 4.40. The van der Waals surface area contributed by atoms with Crippen LogP contribution in [0.4, 0.5) is 0 Å². The van der Waals surface area contributed by atoms with Crippen molar-refractivity contribution in [3.8, 4) is 5.75 Å². The second-order valence-corrected chi connectivity index (χ2v) is 5.37. The highest BCUT2D eigenvalue weighted by Gasteiger charge is 2.30. The Morgan fingerprint density at radius 3 is 2.63 bits per heavy atom. The van der Waals surface area contributed by atoms with Crippen molar-refractivity contribution in [3.63, 3.8) is 0 Å². The van der Waals surface area contributed by atoms with Gasteiger partial charge < -0.3 is 14.8 Å². The van der Waals surface area contributed by atoms with E-state index in [0.29, 0.717) is 10.8 Å². The molecule has 0 aromatic heterocycles. The molecule has 0 saturated carbocycles. The summed E-state index contributed by atoms with van der Waals surface area (Å²) in [6, 6.07) is 5.59. The Bertz CT molecular complexity index is 446. The Morgan fingerprint density at radius 1 is 1.42 bits per heavy atom. The zero-order valence-electron chi connectivity index (χ0n) is 11.7. The van der Waals surface area contributed by atoms with Crippen molar-refractivity contribution < 1.29 is 14.3 Å². The van der Waals surface area contributed by atoms with Crippen molar-refractivity contribution in [2.24, 2.45) is 5.41 Å². The maximum absolute atomic E-state index is 11.5. The molecule has 1 aromatic rings. The Kier molecular flexibility index (Phi) is 5.63. The minimum atomic E-state index is -0.707. The molecule has 5 heteroatoms. The standard InChI is InChI=1S/C14H20ClNO3/c1-14(2,13(17)18-4)9-19-12-6-5-10(8-16-3)7-11(12)15/h5-7,16H,8-9H2,1-4H3. The first-order valence-electron chi connectivity index (χ1n) is 6.05. The number of hydrogen-bond donors (Lipinski definition) is 1. The van der Waals surface area contributed by atoms with Gasteiger partial charge in [0.25, 0.3) is 0 Å². The smallest absolute Gasteiger partial charge is 0.314 e. The van der Waals surface area contributed by atoms with Crippen LogP contribution in [-0.2, 0) is 16.1 Å². The molecule has 0 aliphatic rings. The van der Waals surface area contributed by atoms with E-state index in [-0.39, 0.29) is 12.6 Å². The maximum atomic E-state index is 11.5. The summed E-state index contributed by atoms with van der Waals surface area (Å²) in [5, 5.41) is 3.58. The molecule has 0 saturated heterocycles. The van der Waals surface area contributed by atoms with Crippen LogP contribution in [0.5, 0.6) is 5.75 Å². The van der Waals surface area contributed by atoms with Crippen molar-refractivity contribution in [2.75, 3.05) is 20.8 Å². The summed E-state index contributed by atoms with van der Waals surface area (Å²) in [5.41, 5.74) is 0.369. The van der Waals surface area contributed by atoms with Crippen molar-refractivity contribution >= 4 is 17.6 Å². The van der Waals surface area contributed by atoms with Crippen LogP contribution >= 0.6 is 11.6 Å². The summed E-state index contributed by atoms with van der Waals surface area (Å²) >= 11 is 6.14. The number of methoxy groups -OCH3 is 1. The first kappa shape index (κ1) is 15.8. The third-order valence-electron chi connectivity index (χ3n) is 2.70. The van der Waals surface area contributed by atoms with Gasteiger partial charge in [-0.1, -0.05) is 17.7 Å². The molecule has 0 spiro atoms. The highest BCUT2D eigenvalue weighted by molar-refractivity contribution is 6.32. The zero-order chi connectivity index (χ0) is 14.5. The summed E-state index contributed by atoms with van der Waals surface area (Å²) in [4.78, 5) is 11.5. The molecule has 0 aliphatic carbocycles. The van der Waals surface area contributed by atoms with Gasteiger partial charge in [0.15, 0.2) is 0 Å². The Hall–Kier alpha value is -1.26. The van der Waals surface area contributed by atoms with E-state index in [4.69, 9.17) is 21.1 Å². The average Bonchev–Trinajstić information content (AvgIpc) is 2.37. The number of carbonyl (C=O) groups excluding carboxylic acids is 1. The number of ether oxygens (including phenoxy) is 2. The molecular formula is C14H20ClNO3. The van der Waals surface area contributed by atoms with Crippen molar-refractivity contribution in [3.05, 3.63) is 28.8 Å². The molecule has 0 bridgehead atoms. The SMILES string of the molecule is CNCc1ccc(OCC(C)(C)C(=O)OC)c(Cl)c1. The van der Waals surface area contributed by atoms with Gasteiger partial charge in [-0.3, -0.25) is 4.79 Å². The molecule has 0 atom stereocenters. The molecule has 0 heterocycles. The first-order valence-corrected chi connectivity index (χ1v) is 6.42. The molecule has 106 valence electrons. The molecule has 19 heavy (non-hydrogen) atoms. The van der Waals surface area contributed by atoms with E-state index in [1.165, 1.54) is 7.11 Å². The van der Waals surface area contributed by atoms with Crippen LogP contribution < -0.4 is 10.1 Å². The number of esters is 1. The van der Waals surface area contributed by atoms with Crippen LogP contribution in [0, 0.1) is 5.41 Å². The Balaban J connectivity index is 2.70. The van der Waals surface area contributed by atoms with Crippen LogP contribution in [0.1, 0.15) is 19.4 Å². The van der Waals surface area contributed by atoms with E-state index in [1.54, 1.807) is 13.8 Å². The van der Waals surface area contributed by atoms with Gasteiger partial charge in [-0.2, -0.15) is 0 Å². The van der Waals surface area contributed by atoms with Crippen LogP contribution in [0.15, 0.2) is 18.2 Å². The van der Waals surface area contributed by atoms with E-state index < -0.39 is 5.41 Å². The van der Waals surface area contributed by atoms with Crippen molar-refractivity contribution in [1.29, 1.82) is 0 Å². The molecule has 1 N–H and O–H groups in total. The topological polar surface area (TPSA) is 47.6 Å². The molecule has 0 fully saturated rings. The third-order valence-corrected chi connectivity index (χ3v) is 3.00. The van der Waals surface area contributed by atoms with Gasteiger partial charge in [-0.25, -0.2) is 0 Å². The molecule has 1 aromatic carbocycles. The molecular weight excluding hydrogens is 266 g/mol. The Labute approximate surface area is 119 Å². The summed E-state index contributed by atoms with van der Waals surface area (Å²) in [5.74, 6) is 0.258. The minimum absolute atomic E-state index is 0.213. The largest absolute Gasteiger partial charge is 0.491 e. The molecule has 0 radical (unpaired) electrons. The summed E-state index contributed by atoms with van der Waals surface area (Å²) in [6.07, 6.45) is 0. The van der Waals surface area contributed by atoms with Crippen molar-refractivity contribution in [2.45, 2.75) is 20.4 Å². The normalized spacial score (nSPS) is 11.2. The zero-order valence-corrected chi connectivity index (χ0v) is 12.5. The van der Waals surface area contributed by atoms with Crippen LogP contribution in [0.25, 0.3) is 0 Å². The molecule has 0 aliphatic heterocycles. The fourth-order valence-electron chi connectivity index (χ4n) is 1.57. The van der Waals surface area contributed by atoms with E-state index in [9.17, 15) is 4.79 Å². The van der Waals surface area contributed by atoms with Gasteiger partial charge in [0.2, 0.25) is 0 Å². The highest BCUT2D eigenvalue weighted by atomic mass is 35.5. The van der Waals surface area contributed by atoms with Gasteiger partial charge in [0.05, 0.1) is 17.5 Å². The minimum Gasteiger partial charge on any atom is -0.491 e. The number of rotatable bonds is 6. The number of nitrogens with one attached hydrogen (secondary N) is 1. The average molecular weight is 286 g/mol. The lowest BCUT2D eigenvalue weighted by atomic mass is 9.95. The van der Waals surface area contributed by atoms with Crippen LogP contribution in [-0.4, -0.2) is 26.7 Å². The van der Waals surface area contributed by atoms with Gasteiger partial charge in [0, 0.05) is 6.54 Å². The lowest BCUT2D eigenvalue weighted by molar-refractivity contribution is -0.152. The molecule has 0 amide bonds. The van der Waals surface area contributed by atoms with E-state index in [2.05, 4.69) is 5.32 Å². The van der Waals surface area contributed by atoms with Crippen molar-refractivity contribution in [1.82, 2.24) is 5.32 Å². The van der Waals surface area contributed by atoms with E-state index in [1.807, 2.05) is 25.2 Å². The Morgan fingerprint density at radius 2 is 2.11 bits per heavy atom. The number of halogens is 1. The van der Waals surface area contributed by atoms with Gasteiger partial charge in [-0.05, 0) is 38.6 Å². The quantitative estimate of drug-likeness (QED) is 0.816. The second kappa shape index (κ2) is 6.78. The van der Waals surface area contributed by atoms with Crippen LogP contribution in [0.2, 0.25) is 5.02 Å². The van der Waals surface area contributed by atoms with Gasteiger partial charge in [0.1, 0.15) is 12.4 Å². The highest BCUT2D eigenvalue weighted by Crippen LogP contribution is 2.28. The number of hydrogen-bond acceptors (Lipinski definition) is 4. The lowest BCUT2D eigenvalue weighted by Crippen LogP contribution is -2.32. The fourth-order valence-corrected chi connectivity index (χ4v) is 1.83. The summed E-state index contributed by atoms with van der Waals surface area (Å²) in [6.45, 7) is 4.49. The lowest BCUT2D eigenvalue weighted by Gasteiger charge is -2.22. The van der Waals surface area contributed by atoms with Gasteiger partial charge in [-0.15, -0.1) is 0 Å². The van der Waals surface area contributed by atoms with E-state index >= 15 is 0 Å². The number of benzene rings is 1. The second-order valence-electron chi connectivity index (χ2n) is 4.96. The first-order chi connectivity index (χ1) is 8.90. The maximum Gasteiger partial charge on any atom is 0.314 e. The number of carbonyl (C=O) groups is 1. The fraction of sp³-hybridized carbons (Fsp3) is 0.500. The molecule has 0 unspecified atom stereocenters. The van der Waals surface area contributed by atoms with E-state index in [0.717, 1.165) is 12.1 Å². The molecule has 1 rings (SSSR count). The predicted octanol–water partition coefficient (Wildman–Crippen LogP) is 2.64. The molecule has 4 nitrogen and oxygen atoms in total. The van der Waals surface area contributed by atoms with Gasteiger partial charge >= 0.3 is 5.97 Å². The summed E-state index contributed by atoms with van der Waals surface area (Å²) in [7, 11) is 3.24. The predicted molar refractivity (Wildman–Crippen MR) is 75.5 cm³/mol. The monoisotopic (exact) mass is 285 g/mol. The van der Waals surface area contributed by atoms with Crippen LogP contribution in [0.3, 0.4) is 0 Å². The summed E-state index contributed by atoms with van der Waals surface area (Å²) < 4.78 is 10.3.